The van der Waals surface area contributed by atoms with Crippen LogP contribution in [0.1, 0.15) is 13.8 Å². The minimum Gasteiger partial charge on any atom is -0.394 e. The van der Waals surface area contributed by atoms with E-state index >= 15 is 0 Å². The highest BCUT2D eigenvalue weighted by Gasteiger charge is 2.06. The summed E-state index contributed by atoms with van der Waals surface area (Å²) in [6, 6.07) is 0.353. The molecule has 0 rings (SSSR count). The average Bonchev–Trinajstić information content (AvgIpc) is 1.85. The Bertz CT molecular complexity index is 98.4. The van der Waals surface area contributed by atoms with E-state index in [1.807, 2.05) is 20.9 Å². The predicted octanol–water partition coefficient (Wildman–Crippen LogP) is -0.816. The van der Waals surface area contributed by atoms with Crippen molar-refractivity contribution >= 4 is 0 Å². The molecule has 0 amide bonds. The van der Waals surface area contributed by atoms with Crippen LogP contribution >= 0.6 is 0 Å². The molecule has 0 aromatic heterocycles. The number of hydrogen-bond donors (Lipinski definition) is 3. The first-order valence-electron chi connectivity index (χ1n) is 3.82. The van der Waals surface area contributed by atoms with Crippen molar-refractivity contribution in [1.82, 2.24) is 10.4 Å². The Morgan fingerprint density at radius 1 is 1.45 bits per heavy atom. The molecule has 0 aliphatic rings. The van der Waals surface area contributed by atoms with Gasteiger partial charge in [-0.15, -0.1) is 0 Å². The topological polar surface area (TPSA) is 55.7 Å². The predicted molar refractivity (Wildman–Crippen MR) is 44.0 cm³/mol. The van der Waals surface area contributed by atoms with Gasteiger partial charge in [0.05, 0.1) is 12.7 Å². The van der Waals surface area contributed by atoms with Crippen LogP contribution in [0.3, 0.4) is 0 Å². The van der Waals surface area contributed by atoms with Crippen LogP contribution in [0.15, 0.2) is 0 Å². The van der Waals surface area contributed by atoms with Crippen LogP contribution in [0.25, 0.3) is 0 Å². The van der Waals surface area contributed by atoms with Crippen molar-refractivity contribution in [3.63, 3.8) is 0 Å². The van der Waals surface area contributed by atoms with Gasteiger partial charge in [0.15, 0.2) is 0 Å². The van der Waals surface area contributed by atoms with E-state index in [4.69, 9.17) is 10.2 Å². The molecular formula is C7H18N2O2. The summed E-state index contributed by atoms with van der Waals surface area (Å²) in [5.74, 6) is 0. The summed E-state index contributed by atoms with van der Waals surface area (Å²) in [5.41, 5.74) is 3.07. The van der Waals surface area contributed by atoms with E-state index in [1.165, 1.54) is 0 Å². The maximum absolute atomic E-state index is 9.01. The molecule has 0 aromatic rings. The van der Waals surface area contributed by atoms with Gasteiger partial charge >= 0.3 is 0 Å². The summed E-state index contributed by atoms with van der Waals surface area (Å²) in [7, 11) is 1.83. The first-order chi connectivity index (χ1) is 5.06. The Morgan fingerprint density at radius 3 is 2.36 bits per heavy atom. The minimum atomic E-state index is -0.661. The summed E-state index contributed by atoms with van der Waals surface area (Å²) in [4.78, 5) is 0. The van der Waals surface area contributed by atoms with Crippen LogP contribution < -0.4 is 5.43 Å². The van der Waals surface area contributed by atoms with Crippen molar-refractivity contribution in [2.24, 2.45) is 0 Å². The highest BCUT2D eigenvalue weighted by atomic mass is 16.3. The van der Waals surface area contributed by atoms with Gasteiger partial charge in [-0.25, -0.2) is 5.01 Å². The van der Waals surface area contributed by atoms with Crippen molar-refractivity contribution < 1.29 is 10.2 Å². The minimum absolute atomic E-state index is 0.190. The zero-order valence-corrected chi connectivity index (χ0v) is 7.41. The number of likely N-dealkylation sites (N-methyl/N-ethyl adjacent to an activating group) is 1. The molecule has 0 radical (unpaired) electrons. The van der Waals surface area contributed by atoms with Crippen LogP contribution in [-0.4, -0.2) is 47.6 Å². The molecule has 68 valence electrons. The standard InChI is InChI=1S/C7H18N2O2/c1-6(2)8-9(3)4-7(11)5-10/h6-8,10-11H,4-5H2,1-3H3/t7-/m0/s1. The second-order valence-corrected chi connectivity index (χ2v) is 3.00. The molecule has 4 nitrogen and oxygen atoms in total. The molecule has 0 saturated heterocycles. The Morgan fingerprint density at radius 2 is 2.00 bits per heavy atom. The van der Waals surface area contributed by atoms with Crippen LogP contribution in [0.5, 0.6) is 0 Å². The van der Waals surface area contributed by atoms with Gasteiger partial charge in [0, 0.05) is 19.6 Å². The lowest BCUT2D eigenvalue weighted by molar-refractivity contribution is 0.0479. The first kappa shape index (κ1) is 10.8. The number of nitrogens with zero attached hydrogens (tertiary/aromatic N) is 1. The fourth-order valence-electron chi connectivity index (χ4n) is 0.867. The lowest BCUT2D eigenvalue weighted by atomic mass is 10.4. The molecule has 0 unspecified atom stereocenters. The summed E-state index contributed by atoms with van der Waals surface area (Å²) in [6.45, 7) is 4.28. The molecule has 0 bridgehead atoms. The molecular weight excluding hydrogens is 144 g/mol. The smallest absolute Gasteiger partial charge is 0.0911 e. The first-order valence-corrected chi connectivity index (χ1v) is 3.82. The summed E-state index contributed by atoms with van der Waals surface area (Å²) >= 11 is 0. The van der Waals surface area contributed by atoms with Crippen molar-refractivity contribution in [3.05, 3.63) is 0 Å². The number of nitrogens with one attached hydrogen (secondary N) is 1. The third-order valence-corrected chi connectivity index (χ3v) is 1.17. The molecule has 11 heavy (non-hydrogen) atoms. The maximum Gasteiger partial charge on any atom is 0.0911 e. The zero-order chi connectivity index (χ0) is 8.85. The molecule has 0 heterocycles. The van der Waals surface area contributed by atoms with Crippen LogP contribution in [-0.2, 0) is 0 Å². The van der Waals surface area contributed by atoms with Crippen molar-refractivity contribution in [3.8, 4) is 0 Å². The number of hydrogen-bond acceptors (Lipinski definition) is 4. The maximum atomic E-state index is 9.01. The Hall–Kier alpha value is -0.160. The molecule has 0 aliphatic heterocycles. The number of hydrazine groups is 1. The number of aliphatic hydroxyl groups is 2. The van der Waals surface area contributed by atoms with Gasteiger partial charge in [0.1, 0.15) is 0 Å². The largest absolute Gasteiger partial charge is 0.394 e. The van der Waals surface area contributed by atoms with Gasteiger partial charge in [0.25, 0.3) is 0 Å². The third kappa shape index (κ3) is 6.25. The second-order valence-electron chi connectivity index (χ2n) is 3.00. The van der Waals surface area contributed by atoms with Crippen LogP contribution in [0.2, 0.25) is 0 Å². The van der Waals surface area contributed by atoms with Gasteiger partial charge in [-0.2, -0.15) is 0 Å². The number of aliphatic hydroxyl groups excluding tert-OH is 2. The van der Waals surface area contributed by atoms with Gasteiger partial charge < -0.3 is 10.2 Å². The molecule has 4 heteroatoms. The van der Waals surface area contributed by atoms with Gasteiger partial charge in [-0.3, -0.25) is 5.43 Å². The highest BCUT2D eigenvalue weighted by molar-refractivity contribution is 4.57. The van der Waals surface area contributed by atoms with Gasteiger partial charge in [-0.05, 0) is 13.8 Å². The molecule has 0 aromatic carbocycles. The van der Waals surface area contributed by atoms with E-state index in [2.05, 4.69) is 5.43 Å². The molecule has 0 spiro atoms. The van der Waals surface area contributed by atoms with Gasteiger partial charge in [0.2, 0.25) is 0 Å². The van der Waals surface area contributed by atoms with Gasteiger partial charge in [-0.1, -0.05) is 0 Å². The molecule has 1 atom stereocenters. The average molecular weight is 162 g/mol. The Kier molecular flexibility index (Phi) is 5.41. The fraction of sp³-hybridized carbons (Fsp3) is 1.00. The quantitative estimate of drug-likeness (QED) is 0.463. The van der Waals surface area contributed by atoms with E-state index < -0.39 is 6.10 Å². The van der Waals surface area contributed by atoms with Crippen molar-refractivity contribution in [2.45, 2.75) is 26.0 Å². The Balaban J connectivity index is 3.43. The zero-order valence-electron chi connectivity index (χ0n) is 7.41. The summed E-state index contributed by atoms with van der Waals surface area (Å²) in [5, 5.41) is 19.3. The summed E-state index contributed by atoms with van der Waals surface area (Å²) < 4.78 is 0. The van der Waals surface area contributed by atoms with E-state index in [9.17, 15) is 0 Å². The van der Waals surface area contributed by atoms with Crippen molar-refractivity contribution in [2.75, 3.05) is 20.2 Å². The van der Waals surface area contributed by atoms with E-state index in [1.54, 1.807) is 5.01 Å². The molecule has 3 N–H and O–H groups in total. The molecule has 0 aliphatic carbocycles. The van der Waals surface area contributed by atoms with E-state index in [-0.39, 0.29) is 6.61 Å². The van der Waals surface area contributed by atoms with E-state index in [0.29, 0.717) is 12.6 Å². The van der Waals surface area contributed by atoms with Crippen molar-refractivity contribution in [1.29, 1.82) is 0 Å². The monoisotopic (exact) mass is 162 g/mol. The normalized spacial score (nSPS) is 14.5. The third-order valence-electron chi connectivity index (χ3n) is 1.17. The Labute approximate surface area is 67.8 Å². The molecule has 0 fully saturated rings. The van der Waals surface area contributed by atoms with E-state index in [0.717, 1.165) is 0 Å². The summed E-state index contributed by atoms with van der Waals surface area (Å²) in [6.07, 6.45) is -0.661. The lowest BCUT2D eigenvalue weighted by Crippen LogP contribution is -2.44. The highest BCUT2D eigenvalue weighted by Crippen LogP contribution is 1.86. The SMILES string of the molecule is CC(C)NN(C)C[C@H](O)CO. The van der Waals surface area contributed by atoms with Crippen LogP contribution in [0.4, 0.5) is 0 Å². The number of rotatable bonds is 5. The fourth-order valence-corrected chi connectivity index (χ4v) is 0.867. The second kappa shape index (κ2) is 5.49. The lowest BCUT2D eigenvalue weighted by Gasteiger charge is -2.22. The van der Waals surface area contributed by atoms with Crippen LogP contribution in [0, 0.1) is 0 Å². The molecule has 0 saturated carbocycles.